The van der Waals surface area contributed by atoms with Gasteiger partial charge in [-0.25, -0.2) is 0 Å². The third-order valence-electron chi connectivity index (χ3n) is 8.23. The fourth-order valence-electron chi connectivity index (χ4n) is 5.79. The van der Waals surface area contributed by atoms with Crippen LogP contribution >= 0.6 is 11.3 Å². The number of rotatable bonds is 10. The van der Waals surface area contributed by atoms with E-state index in [2.05, 4.69) is 43.7 Å². The highest BCUT2D eigenvalue weighted by Gasteiger charge is 2.25. The third kappa shape index (κ3) is 8.35. The standard InChI is InChI=1S/C34H44N2O2S/c1-24(27-14-16-29(17-15-27)28-8-6-5-7-9-28)21-35-22-26-12-10-25(11-13-26)20-30(23-37)36-33(38)31-18-19-32(39-31)34(2,3)4/h10-14,18-19,21,23,28-30H,1,5-9,15-17,20,22H2,2-4H3,(H,36,38)/b35-21-/t29?,30-/m0/s1. The van der Waals surface area contributed by atoms with Crippen molar-refractivity contribution >= 4 is 29.7 Å². The molecule has 2 atom stereocenters. The predicted octanol–water partition coefficient (Wildman–Crippen LogP) is 8.02. The Bertz CT molecular complexity index is 1190. The highest BCUT2D eigenvalue weighted by molar-refractivity contribution is 7.14. The lowest BCUT2D eigenvalue weighted by Gasteiger charge is -2.32. The molecular weight excluding hydrogens is 500 g/mol. The number of hydrogen-bond acceptors (Lipinski definition) is 4. The smallest absolute Gasteiger partial charge is 0.261 e. The maximum Gasteiger partial charge on any atom is 0.261 e. The molecule has 39 heavy (non-hydrogen) atoms. The zero-order valence-electron chi connectivity index (χ0n) is 23.9. The first kappa shape index (κ1) is 29.2. The lowest BCUT2D eigenvalue weighted by Crippen LogP contribution is -2.37. The number of aldehydes is 1. The van der Waals surface area contributed by atoms with Crippen LogP contribution < -0.4 is 5.32 Å². The van der Waals surface area contributed by atoms with Gasteiger partial charge in [0, 0.05) is 11.1 Å². The SMILES string of the molecule is C=C(/C=N\Cc1ccc(C[C@@H](C=O)NC(=O)c2ccc(C(C)(C)C)s2)cc1)C1=CCC(C2CCCCC2)CC1. The molecule has 5 heteroatoms. The molecule has 1 aromatic heterocycles. The van der Waals surface area contributed by atoms with Crippen LogP contribution in [0, 0.1) is 11.8 Å². The molecule has 0 aliphatic heterocycles. The Morgan fingerprint density at radius 3 is 2.38 bits per heavy atom. The van der Waals surface area contributed by atoms with Gasteiger partial charge in [-0.05, 0) is 77.3 Å². The van der Waals surface area contributed by atoms with Crippen molar-refractivity contribution < 1.29 is 9.59 Å². The predicted molar refractivity (Wildman–Crippen MR) is 164 cm³/mol. The van der Waals surface area contributed by atoms with Crippen LogP contribution in [0.1, 0.15) is 97.8 Å². The topological polar surface area (TPSA) is 58.5 Å². The van der Waals surface area contributed by atoms with E-state index < -0.39 is 6.04 Å². The summed E-state index contributed by atoms with van der Waals surface area (Å²) >= 11 is 1.48. The number of benzene rings is 1. The molecule has 1 heterocycles. The first-order chi connectivity index (χ1) is 18.7. The van der Waals surface area contributed by atoms with Gasteiger partial charge in [-0.15, -0.1) is 11.3 Å². The number of nitrogens with one attached hydrogen (secondary N) is 1. The van der Waals surface area contributed by atoms with E-state index in [4.69, 9.17) is 0 Å². The minimum absolute atomic E-state index is 0.00274. The van der Waals surface area contributed by atoms with Crippen LogP contribution in [-0.2, 0) is 23.2 Å². The van der Waals surface area contributed by atoms with Crippen molar-refractivity contribution in [3.8, 4) is 0 Å². The van der Waals surface area contributed by atoms with Crippen LogP contribution in [-0.4, -0.2) is 24.4 Å². The molecule has 1 N–H and O–H groups in total. The second-order valence-electron chi connectivity index (χ2n) is 12.3. The molecule has 2 aromatic rings. The summed E-state index contributed by atoms with van der Waals surface area (Å²) in [6.45, 7) is 11.3. The van der Waals surface area contributed by atoms with Crippen molar-refractivity contribution in [2.75, 3.05) is 0 Å². The van der Waals surface area contributed by atoms with Crippen LogP contribution in [0.4, 0.5) is 0 Å². The number of thiophene rings is 1. The molecule has 4 nitrogen and oxygen atoms in total. The molecule has 1 fully saturated rings. The second kappa shape index (κ2) is 13.5. The molecule has 4 rings (SSSR count). The van der Waals surface area contributed by atoms with Crippen LogP contribution in [0.15, 0.2) is 65.2 Å². The van der Waals surface area contributed by atoms with Crippen molar-refractivity contribution in [3.63, 3.8) is 0 Å². The van der Waals surface area contributed by atoms with E-state index >= 15 is 0 Å². The van der Waals surface area contributed by atoms with Gasteiger partial charge >= 0.3 is 0 Å². The first-order valence-corrected chi connectivity index (χ1v) is 15.4. The minimum Gasteiger partial charge on any atom is -0.341 e. The van der Waals surface area contributed by atoms with Crippen LogP contribution in [0.25, 0.3) is 0 Å². The summed E-state index contributed by atoms with van der Waals surface area (Å²) in [5.74, 6) is 1.60. The van der Waals surface area contributed by atoms with Crippen molar-refractivity contribution in [2.24, 2.45) is 16.8 Å². The van der Waals surface area contributed by atoms with Gasteiger partial charge in [0.2, 0.25) is 0 Å². The second-order valence-corrected chi connectivity index (χ2v) is 13.4. The number of amides is 1. The summed E-state index contributed by atoms with van der Waals surface area (Å²) < 4.78 is 0. The normalized spacial score (nSPS) is 19.5. The van der Waals surface area contributed by atoms with Gasteiger partial charge in [0.1, 0.15) is 6.29 Å². The largest absolute Gasteiger partial charge is 0.341 e. The number of hydrogen-bond donors (Lipinski definition) is 1. The Morgan fingerprint density at radius 2 is 1.77 bits per heavy atom. The van der Waals surface area contributed by atoms with Gasteiger partial charge in [-0.3, -0.25) is 9.79 Å². The summed E-state index contributed by atoms with van der Waals surface area (Å²) in [6, 6.07) is 11.4. The monoisotopic (exact) mass is 544 g/mol. The van der Waals surface area contributed by atoms with E-state index in [9.17, 15) is 9.59 Å². The molecule has 2 aliphatic carbocycles. The zero-order chi connectivity index (χ0) is 27.8. The van der Waals surface area contributed by atoms with Gasteiger partial charge < -0.3 is 10.1 Å². The summed E-state index contributed by atoms with van der Waals surface area (Å²) in [5.41, 5.74) is 4.51. The van der Waals surface area contributed by atoms with Gasteiger partial charge in [-0.2, -0.15) is 0 Å². The molecule has 2 aliphatic rings. The van der Waals surface area contributed by atoms with E-state index in [0.29, 0.717) is 17.8 Å². The average Bonchev–Trinajstić information content (AvgIpc) is 3.46. The summed E-state index contributed by atoms with van der Waals surface area (Å²) in [7, 11) is 0. The zero-order valence-corrected chi connectivity index (χ0v) is 24.7. The van der Waals surface area contributed by atoms with Crippen LogP contribution in [0.5, 0.6) is 0 Å². The van der Waals surface area contributed by atoms with E-state index in [1.54, 1.807) is 0 Å². The van der Waals surface area contributed by atoms with E-state index in [1.165, 1.54) is 61.9 Å². The molecule has 1 amide bonds. The highest BCUT2D eigenvalue weighted by atomic mass is 32.1. The van der Waals surface area contributed by atoms with Crippen molar-refractivity contribution in [1.82, 2.24) is 5.32 Å². The summed E-state index contributed by atoms with van der Waals surface area (Å²) in [6.07, 6.45) is 16.3. The van der Waals surface area contributed by atoms with Gasteiger partial charge in [-0.1, -0.05) is 89.8 Å². The van der Waals surface area contributed by atoms with Crippen LogP contribution in [0.2, 0.25) is 0 Å². The van der Waals surface area contributed by atoms with E-state index in [0.717, 1.165) is 46.1 Å². The maximum atomic E-state index is 12.7. The average molecular weight is 545 g/mol. The van der Waals surface area contributed by atoms with Crippen molar-refractivity contribution in [3.05, 3.63) is 81.1 Å². The van der Waals surface area contributed by atoms with Gasteiger partial charge in [0.15, 0.2) is 0 Å². The molecular formula is C34H44N2O2S. The number of carbonyl (C=O) groups excluding carboxylic acids is 2. The lowest BCUT2D eigenvalue weighted by molar-refractivity contribution is -0.109. The quantitative estimate of drug-likeness (QED) is 0.243. The Labute approximate surface area is 238 Å². The molecule has 1 unspecified atom stereocenters. The summed E-state index contributed by atoms with van der Waals surface area (Å²) in [5, 5.41) is 2.87. The molecule has 0 saturated heterocycles. The number of carbonyl (C=O) groups is 2. The minimum atomic E-state index is -0.564. The fourth-order valence-corrected chi connectivity index (χ4v) is 6.76. The summed E-state index contributed by atoms with van der Waals surface area (Å²) in [4.78, 5) is 30.8. The third-order valence-corrected chi connectivity index (χ3v) is 9.74. The van der Waals surface area contributed by atoms with Crippen molar-refractivity contribution in [1.29, 1.82) is 0 Å². The Hall–Kier alpha value is -2.79. The molecule has 1 saturated carbocycles. The van der Waals surface area contributed by atoms with E-state index in [-0.39, 0.29) is 11.3 Å². The Balaban J connectivity index is 1.23. The first-order valence-electron chi connectivity index (χ1n) is 14.6. The Morgan fingerprint density at radius 1 is 1.05 bits per heavy atom. The number of nitrogens with zero attached hydrogens (tertiary/aromatic N) is 1. The lowest BCUT2D eigenvalue weighted by atomic mass is 9.73. The highest BCUT2D eigenvalue weighted by Crippen LogP contribution is 2.38. The molecule has 0 spiro atoms. The number of allylic oxidation sites excluding steroid dienone is 3. The number of aliphatic imine (C=N–C) groups is 1. The van der Waals surface area contributed by atoms with E-state index in [1.807, 2.05) is 42.6 Å². The van der Waals surface area contributed by atoms with Gasteiger partial charge in [0.05, 0.1) is 17.5 Å². The van der Waals surface area contributed by atoms with Crippen LogP contribution in [0.3, 0.4) is 0 Å². The molecule has 1 aromatic carbocycles. The fraction of sp³-hybridized carbons (Fsp3) is 0.500. The molecule has 0 bridgehead atoms. The maximum absolute atomic E-state index is 12.7. The molecule has 0 radical (unpaired) electrons. The van der Waals surface area contributed by atoms with Crippen molar-refractivity contribution in [2.45, 2.75) is 96.6 Å². The molecule has 208 valence electrons. The Kier molecular flexibility index (Phi) is 10.1. The van der Waals surface area contributed by atoms with Gasteiger partial charge in [0.25, 0.3) is 5.91 Å².